The maximum Gasteiger partial charge on any atom is 0.194 e. The summed E-state index contributed by atoms with van der Waals surface area (Å²) in [5.74, 6) is 1.84. The Hall–Kier alpha value is -0.830. The van der Waals surface area contributed by atoms with E-state index in [9.17, 15) is 5.11 Å². The molecule has 1 saturated carbocycles. The maximum atomic E-state index is 10.8. The van der Waals surface area contributed by atoms with Gasteiger partial charge < -0.3 is 20.1 Å². The molecule has 0 aromatic carbocycles. The van der Waals surface area contributed by atoms with Crippen LogP contribution in [0.1, 0.15) is 50.4 Å². The van der Waals surface area contributed by atoms with Gasteiger partial charge in [-0.25, -0.2) is 4.98 Å². The summed E-state index contributed by atoms with van der Waals surface area (Å²) in [6, 6.07) is 0. The zero-order valence-electron chi connectivity index (χ0n) is 16.5. The Balaban J connectivity index is 2.00. The number of aromatic nitrogens is 1. The molecular weight excluding hydrogens is 368 g/mol. The third-order valence-corrected chi connectivity index (χ3v) is 7.14. The smallest absolute Gasteiger partial charge is 0.194 e. The Bertz CT molecular complexity index is 596. The number of rotatable bonds is 9. The summed E-state index contributed by atoms with van der Waals surface area (Å²) in [5, 5.41) is 17.5. The van der Waals surface area contributed by atoms with Gasteiger partial charge in [0.2, 0.25) is 0 Å². The van der Waals surface area contributed by atoms with Crippen molar-refractivity contribution in [2.24, 2.45) is 4.99 Å². The van der Waals surface area contributed by atoms with Crippen LogP contribution >= 0.6 is 23.1 Å². The molecule has 2 rings (SSSR count). The van der Waals surface area contributed by atoms with Gasteiger partial charge in [0.05, 0.1) is 24.4 Å². The lowest BCUT2D eigenvalue weighted by Gasteiger charge is -2.44. The lowest BCUT2D eigenvalue weighted by atomic mass is 9.79. The van der Waals surface area contributed by atoms with Gasteiger partial charge in [-0.2, -0.15) is 11.8 Å². The second-order valence-corrected chi connectivity index (χ2v) is 9.04. The van der Waals surface area contributed by atoms with Crippen molar-refractivity contribution in [1.29, 1.82) is 0 Å². The zero-order valence-corrected chi connectivity index (χ0v) is 18.1. The Labute approximate surface area is 165 Å². The van der Waals surface area contributed by atoms with Crippen molar-refractivity contribution in [3.63, 3.8) is 0 Å². The largest absolute Gasteiger partial charge is 0.387 e. The van der Waals surface area contributed by atoms with Crippen molar-refractivity contribution in [1.82, 2.24) is 15.2 Å². The lowest BCUT2D eigenvalue weighted by Crippen LogP contribution is -2.53. The number of hydrogen-bond acceptors (Lipinski definition) is 6. The van der Waals surface area contributed by atoms with Crippen molar-refractivity contribution in [3.05, 3.63) is 16.1 Å². The highest BCUT2D eigenvalue weighted by atomic mass is 32.2. The first-order chi connectivity index (χ1) is 12.4. The number of thiazole rings is 1. The van der Waals surface area contributed by atoms with E-state index in [0.29, 0.717) is 18.3 Å². The molecule has 1 aromatic rings. The highest BCUT2D eigenvalue weighted by molar-refractivity contribution is 8.00. The number of methoxy groups -OCH3 is 1. The third-order valence-electron chi connectivity index (χ3n) is 4.68. The first-order valence-corrected chi connectivity index (χ1v) is 11.2. The topological polar surface area (TPSA) is 70.0 Å². The standard InChI is InChI=1S/C18H32N4O2S2/c1-6-19-17(20-12-18(23)9-8-15(18)25-7-2)22(4)10-14-11-26-16(21-14)13(3)24-5/h11,13,15,23H,6-10,12H2,1-5H3,(H,19,20). The van der Waals surface area contributed by atoms with Crippen LogP contribution in [0.2, 0.25) is 0 Å². The summed E-state index contributed by atoms with van der Waals surface area (Å²) in [5.41, 5.74) is 0.341. The molecule has 2 N–H and O–H groups in total. The minimum Gasteiger partial charge on any atom is -0.387 e. The van der Waals surface area contributed by atoms with Crippen LogP contribution in [0.15, 0.2) is 10.4 Å². The molecule has 0 spiro atoms. The highest BCUT2D eigenvalue weighted by Gasteiger charge is 2.45. The molecule has 148 valence electrons. The van der Waals surface area contributed by atoms with Crippen molar-refractivity contribution in [3.8, 4) is 0 Å². The number of nitrogens with one attached hydrogen (secondary N) is 1. The van der Waals surface area contributed by atoms with E-state index in [1.54, 1.807) is 18.4 Å². The summed E-state index contributed by atoms with van der Waals surface area (Å²) in [6.07, 6.45) is 1.93. The van der Waals surface area contributed by atoms with E-state index in [4.69, 9.17) is 9.73 Å². The van der Waals surface area contributed by atoms with Gasteiger partial charge in [-0.05, 0) is 32.4 Å². The molecule has 6 nitrogen and oxygen atoms in total. The predicted molar refractivity (Wildman–Crippen MR) is 111 cm³/mol. The Morgan fingerprint density at radius 3 is 2.96 bits per heavy atom. The molecule has 1 aromatic heterocycles. The monoisotopic (exact) mass is 400 g/mol. The quantitative estimate of drug-likeness (QED) is 0.491. The van der Waals surface area contributed by atoms with Gasteiger partial charge in [-0.1, -0.05) is 6.92 Å². The Morgan fingerprint density at radius 1 is 1.62 bits per heavy atom. The summed E-state index contributed by atoms with van der Waals surface area (Å²) in [7, 11) is 3.70. The summed E-state index contributed by atoms with van der Waals surface area (Å²) in [4.78, 5) is 11.4. The number of guanidine groups is 1. The van der Waals surface area contributed by atoms with Crippen LogP contribution in [0.4, 0.5) is 0 Å². The summed E-state index contributed by atoms with van der Waals surface area (Å²) in [6.45, 7) is 8.10. The van der Waals surface area contributed by atoms with E-state index in [-0.39, 0.29) is 6.10 Å². The van der Waals surface area contributed by atoms with Crippen molar-refractivity contribution < 1.29 is 9.84 Å². The average molecular weight is 401 g/mol. The second-order valence-electron chi connectivity index (χ2n) is 6.67. The number of nitrogens with zero attached hydrogens (tertiary/aromatic N) is 3. The van der Waals surface area contributed by atoms with Gasteiger partial charge in [0.15, 0.2) is 5.96 Å². The number of hydrogen-bond donors (Lipinski definition) is 2. The minimum absolute atomic E-state index is 0.0156. The molecular formula is C18H32N4O2S2. The molecule has 1 fully saturated rings. The minimum atomic E-state index is -0.663. The number of aliphatic hydroxyl groups is 1. The molecule has 8 heteroatoms. The molecule has 1 heterocycles. The van der Waals surface area contributed by atoms with Gasteiger partial charge in [0.1, 0.15) is 11.1 Å². The predicted octanol–water partition coefficient (Wildman–Crippen LogP) is 2.89. The fraction of sp³-hybridized carbons (Fsp3) is 0.778. The first kappa shape index (κ1) is 21.5. The van der Waals surface area contributed by atoms with Crippen LogP contribution < -0.4 is 5.32 Å². The van der Waals surface area contributed by atoms with Crippen LogP contribution in [0, 0.1) is 0 Å². The fourth-order valence-electron chi connectivity index (χ4n) is 2.90. The normalized spacial score (nSPS) is 24.2. The van der Waals surface area contributed by atoms with Crippen LogP contribution in [0.25, 0.3) is 0 Å². The van der Waals surface area contributed by atoms with Gasteiger partial charge in [-0.3, -0.25) is 4.99 Å². The summed E-state index contributed by atoms with van der Waals surface area (Å²) >= 11 is 3.45. The third kappa shape index (κ3) is 5.34. The van der Waals surface area contributed by atoms with Gasteiger partial charge in [0, 0.05) is 31.3 Å². The fourth-order valence-corrected chi connectivity index (χ4v) is 4.93. The lowest BCUT2D eigenvalue weighted by molar-refractivity contribution is -0.0156. The number of aliphatic imine (C=N–C) groups is 1. The molecule has 3 atom stereocenters. The van der Waals surface area contributed by atoms with Crippen molar-refractivity contribution >= 4 is 29.1 Å². The molecule has 1 aliphatic carbocycles. The average Bonchev–Trinajstić information content (AvgIpc) is 3.09. The number of ether oxygens (including phenoxy) is 1. The van der Waals surface area contributed by atoms with Gasteiger partial charge in [0.25, 0.3) is 0 Å². The molecule has 0 amide bonds. The maximum absolute atomic E-state index is 10.8. The van der Waals surface area contributed by atoms with Crippen molar-refractivity contribution in [2.75, 3.05) is 33.0 Å². The van der Waals surface area contributed by atoms with Crippen LogP contribution in [0.3, 0.4) is 0 Å². The SMILES string of the molecule is CCNC(=NCC1(O)CCC1SCC)N(C)Cc1csc(C(C)OC)n1. The van der Waals surface area contributed by atoms with E-state index in [1.807, 2.05) is 25.7 Å². The highest BCUT2D eigenvalue weighted by Crippen LogP contribution is 2.41. The summed E-state index contributed by atoms with van der Waals surface area (Å²) < 4.78 is 5.33. The Morgan fingerprint density at radius 2 is 2.38 bits per heavy atom. The Kier molecular flexibility index (Phi) is 8.19. The van der Waals surface area contributed by atoms with E-state index >= 15 is 0 Å². The molecule has 0 saturated heterocycles. The van der Waals surface area contributed by atoms with E-state index < -0.39 is 5.60 Å². The first-order valence-electron chi connectivity index (χ1n) is 9.24. The number of thioether (sulfide) groups is 1. The second kappa shape index (κ2) is 9.92. The van der Waals surface area contributed by atoms with Crippen LogP contribution in [-0.4, -0.2) is 64.8 Å². The molecule has 0 radical (unpaired) electrons. The molecule has 0 bridgehead atoms. The van der Waals surface area contributed by atoms with Gasteiger partial charge in [-0.15, -0.1) is 11.3 Å². The molecule has 3 unspecified atom stereocenters. The van der Waals surface area contributed by atoms with Gasteiger partial charge >= 0.3 is 0 Å². The van der Waals surface area contributed by atoms with E-state index in [1.165, 1.54) is 0 Å². The van der Waals surface area contributed by atoms with Crippen LogP contribution in [-0.2, 0) is 11.3 Å². The molecule has 1 aliphatic rings. The molecule has 0 aliphatic heterocycles. The molecule has 26 heavy (non-hydrogen) atoms. The zero-order chi connectivity index (χ0) is 19.2. The van der Waals surface area contributed by atoms with E-state index in [0.717, 1.165) is 41.8 Å². The van der Waals surface area contributed by atoms with Crippen molar-refractivity contribution in [2.45, 2.75) is 57.1 Å². The van der Waals surface area contributed by atoms with E-state index in [2.05, 4.69) is 34.4 Å². The van der Waals surface area contributed by atoms with Crippen LogP contribution in [0.5, 0.6) is 0 Å².